The van der Waals surface area contributed by atoms with Gasteiger partial charge in [-0.1, -0.05) is 43.3 Å². The van der Waals surface area contributed by atoms with Crippen LogP contribution < -0.4 is 10.5 Å². The predicted octanol–water partition coefficient (Wildman–Crippen LogP) is 3.92. The Labute approximate surface area is 193 Å². The number of aromatic nitrogens is 1. The molecule has 1 aliphatic carbocycles. The van der Waals surface area contributed by atoms with Crippen LogP contribution in [-0.2, 0) is 35.4 Å². The summed E-state index contributed by atoms with van der Waals surface area (Å²) < 4.78 is 7.60. The van der Waals surface area contributed by atoms with Crippen LogP contribution >= 0.6 is 0 Å². The van der Waals surface area contributed by atoms with E-state index in [-0.39, 0.29) is 5.56 Å². The minimum atomic E-state index is -1.10. The van der Waals surface area contributed by atoms with E-state index in [2.05, 4.69) is 0 Å². The van der Waals surface area contributed by atoms with Gasteiger partial charge in [0.1, 0.15) is 5.75 Å². The number of hydrogen-bond donors (Lipinski definition) is 2. The normalized spacial score (nSPS) is 12.4. The number of benzene rings is 2. The zero-order valence-electron chi connectivity index (χ0n) is 19.1. The van der Waals surface area contributed by atoms with Gasteiger partial charge < -0.3 is 20.1 Å². The van der Waals surface area contributed by atoms with Crippen molar-refractivity contribution in [3.8, 4) is 5.75 Å². The second kappa shape index (κ2) is 10.8. The molecular formula is C26H30N2O5. The van der Waals surface area contributed by atoms with E-state index >= 15 is 0 Å². The van der Waals surface area contributed by atoms with Gasteiger partial charge in [0.2, 0.25) is 0 Å². The zero-order chi connectivity index (χ0) is 24.0. The quantitative estimate of drug-likeness (QED) is 0.419. The summed E-state index contributed by atoms with van der Waals surface area (Å²) in [6.45, 7) is 4.01. The smallest absolute Gasteiger partial charge is 0.341 e. The first-order valence-corrected chi connectivity index (χ1v) is 11.3. The Hall–Kier alpha value is -3.61. The summed E-state index contributed by atoms with van der Waals surface area (Å²) >= 11 is 0. The van der Waals surface area contributed by atoms with Gasteiger partial charge in [-0.15, -0.1) is 0 Å². The Morgan fingerprint density at radius 1 is 1.03 bits per heavy atom. The number of primary amides is 1. The molecule has 1 heterocycles. The number of carbonyl (C=O) groups excluding carboxylic acids is 2. The molecule has 0 bridgehead atoms. The van der Waals surface area contributed by atoms with Crippen LogP contribution in [0.25, 0.3) is 10.9 Å². The Morgan fingerprint density at radius 3 is 2.15 bits per heavy atom. The number of Topliss-reactive ketones (excluding diaryl/α,β-unsaturated/α-hetero) is 1. The molecule has 0 spiro atoms. The van der Waals surface area contributed by atoms with Crippen molar-refractivity contribution < 1.29 is 24.2 Å². The van der Waals surface area contributed by atoms with E-state index < -0.39 is 24.3 Å². The molecule has 0 atom stereocenters. The average Bonchev–Trinajstić information content (AvgIpc) is 3.18. The summed E-state index contributed by atoms with van der Waals surface area (Å²) in [6.07, 6.45) is 4.40. The van der Waals surface area contributed by atoms with Crippen LogP contribution in [0.15, 0.2) is 42.5 Å². The lowest BCUT2D eigenvalue weighted by Crippen LogP contribution is -2.24. The van der Waals surface area contributed by atoms with Crippen LogP contribution in [0, 0.1) is 0 Å². The van der Waals surface area contributed by atoms with E-state index in [0.29, 0.717) is 24.1 Å². The highest BCUT2D eigenvalue weighted by molar-refractivity contribution is 6.45. The second-order valence-corrected chi connectivity index (χ2v) is 7.89. The molecule has 7 nitrogen and oxygen atoms in total. The van der Waals surface area contributed by atoms with Crippen molar-refractivity contribution in [1.29, 1.82) is 0 Å². The number of carboxylic acids is 1. The number of fused-ring (bicyclic) bond motifs is 3. The molecule has 3 N–H and O–H groups in total. The number of ether oxygens (including phenoxy) is 1. The molecule has 0 radical (unpaired) electrons. The van der Waals surface area contributed by atoms with E-state index in [9.17, 15) is 14.4 Å². The molecule has 0 unspecified atom stereocenters. The Balaban J connectivity index is 0.000000442. The predicted molar refractivity (Wildman–Crippen MR) is 127 cm³/mol. The van der Waals surface area contributed by atoms with Crippen LogP contribution in [0.1, 0.15) is 53.9 Å². The topological polar surface area (TPSA) is 112 Å². The molecule has 33 heavy (non-hydrogen) atoms. The fourth-order valence-electron chi connectivity index (χ4n) is 4.53. The molecule has 0 saturated heterocycles. The third-order valence-corrected chi connectivity index (χ3v) is 5.84. The van der Waals surface area contributed by atoms with Gasteiger partial charge in [-0.05, 0) is 56.2 Å². The summed E-state index contributed by atoms with van der Waals surface area (Å²) in [6, 6.07) is 13.8. The molecule has 4 rings (SSSR count). The molecule has 0 aliphatic heterocycles. The van der Waals surface area contributed by atoms with Crippen LogP contribution in [0.5, 0.6) is 5.75 Å². The number of carboxylic acid groups (broad SMARTS) is 1. The van der Waals surface area contributed by atoms with Crippen LogP contribution in [0.4, 0.5) is 0 Å². The van der Waals surface area contributed by atoms with Crippen molar-refractivity contribution in [3.05, 3.63) is 64.8 Å². The third kappa shape index (κ3) is 5.08. The Bertz CT molecular complexity index is 1140. The first kappa shape index (κ1) is 24.0. The number of hydrogen-bond acceptors (Lipinski definition) is 4. The number of amides is 1. The number of nitrogens with zero attached hydrogens (tertiary/aromatic N) is 1. The lowest BCUT2D eigenvalue weighted by atomic mass is 9.88. The largest absolute Gasteiger partial charge is 0.481 e. The van der Waals surface area contributed by atoms with Gasteiger partial charge in [-0.3, -0.25) is 9.59 Å². The van der Waals surface area contributed by atoms with Crippen LogP contribution in [0.2, 0.25) is 0 Å². The first-order chi connectivity index (χ1) is 15.9. The number of aryl methyl sites for hydroxylation is 3. The maximum absolute atomic E-state index is 12.7. The SMILES string of the molecule is CCc1c(C(=O)C(N)=O)c2c(OCC(=O)O)cc3c(c2n1CC)CCCC3.c1ccccc1. The fraction of sp³-hybridized carbons (Fsp3) is 0.346. The summed E-state index contributed by atoms with van der Waals surface area (Å²) in [4.78, 5) is 35.4. The molecule has 0 saturated carbocycles. The van der Waals surface area contributed by atoms with E-state index in [1.54, 1.807) is 0 Å². The highest BCUT2D eigenvalue weighted by Gasteiger charge is 2.30. The summed E-state index contributed by atoms with van der Waals surface area (Å²) in [5, 5.41) is 9.55. The molecule has 3 aromatic rings. The van der Waals surface area contributed by atoms with Crippen molar-refractivity contribution in [1.82, 2.24) is 4.57 Å². The molecule has 0 fully saturated rings. The highest BCUT2D eigenvalue weighted by Crippen LogP contribution is 2.41. The molecule has 174 valence electrons. The third-order valence-electron chi connectivity index (χ3n) is 5.84. The monoisotopic (exact) mass is 450 g/mol. The van der Waals surface area contributed by atoms with E-state index in [0.717, 1.165) is 48.0 Å². The van der Waals surface area contributed by atoms with Crippen molar-refractivity contribution in [2.75, 3.05) is 6.61 Å². The van der Waals surface area contributed by atoms with Gasteiger partial charge in [0.15, 0.2) is 6.61 Å². The average molecular weight is 451 g/mol. The van der Waals surface area contributed by atoms with Gasteiger partial charge in [0, 0.05) is 12.2 Å². The summed E-state index contributed by atoms with van der Waals surface area (Å²) in [5.74, 6) is -2.56. The van der Waals surface area contributed by atoms with Gasteiger partial charge in [-0.25, -0.2) is 4.79 Å². The van der Waals surface area contributed by atoms with E-state index in [4.69, 9.17) is 15.6 Å². The molecule has 2 aromatic carbocycles. The van der Waals surface area contributed by atoms with Gasteiger partial charge in [-0.2, -0.15) is 0 Å². The molecular weight excluding hydrogens is 420 g/mol. The maximum atomic E-state index is 12.7. The van der Waals surface area contributed by atoms with Crippen LogP contribution in [0.3, 0.4) is 0 Å². The standard InChI is InChI=1S/C20H24N2O5.C6H6/c1-3-13-16(19(25)20(21)26)17-14(27-10-15(23)24)9-11-7-5-6-8-12(11)18(17)22(13)4-2;1-2-4-6-5-3-1/h9H,3-8,10H2,1-2H3,(H2,21,26)(H,23,24);1-6H. The number of nitrogens with two attached hydrogens (primary N) is 1. The molecule has 1 aromatic heterocycles. The van der Waals surface area contributed by atoms with Crippen molar-refractivity contribution >= 4 is 28.6 Å². The van der Waals surface area contributed by atoms with Crippen molar-refractivity contribution in [3.63, 3.8) is 0 Å². The fourth-order valence-corrected chi connectivity index (χ4v) is 4.53. The van der Waals surface area contributed by atoms with Crippen molar-refractivity contribution in [2.45, 2.75) is 52.5 Å². The van der Waals surface area contributed by atoms with Crippen molar-refractivity contribution in [2.24, 2.45) is 5.73 Å². The molecule has 1 aliphatic rings. The maximum Gasteiger partial charge on any atom is 0.341 e. The second-order valence-electron chi connectivity index (χ2n) is 7.89. The highest BCUT2D eigenvalue weighted by atomic mass is 16.5. The summed E-state index contributed by atoms with van der Waals surface area (Å²) in [5.41, 5.74) is 9.43. The van der Waals surface area contributed by atoms with Gasteiger partial charge >= 0.3 is 5.97 Å². The molecule has 1 amide bonds. The number of carbonyl (C=O) groups is 3. The molecule has 7 heteroatoms. The summed E-state index contributed by atoms with van der Waals surface area (Å²) in [7, 11) is 0. The van der Waals surface area contributed by atoms with Crippen LogP contribution in [-0.4, -0.2) is 33.9 Å². The lowest BCUT2D eigenvalue weighted by Gasteiger charge is -2.20. The number of rotatable bonds is 7. The van der Waals surface area contributed by atoms with Gasteiger partial charge in [0.05, 0.1) is 16.5 Å². The number of ketones is 1. The van der Waals surface area contributed by atoms with E-state index in [1.165, 1.54) is 0 Å². The zero-order valence-corrected chi connectivity index (χ0v) is 19.1. The Morgan fingerprint density at radius 2 is 1.64 bits per heavy atom. The lowest BCUT2D eigenvalue weighted by molar-refractivity contribution is -0.139. The minimum Gasteiger partial charge on any atom is -0.481 e. The first-order valence-electron chi connectivity index (χ1n) is 11.3. The Kier molecular flexibility index (Phi) is 7.87. The number of aliphatic carboxylic acids is 1. The van der Waals surface area contributed by atoms with Gasteiger partial charge in [0.25, 0.3) is 11.7 Å². The minimum absolute atomic E-state index is 0.246. The van der Waals surface area contributed by atoms with E-state index in [1.807, 2.05) is 60.9 Å².